The molecule has 0 aliphatic carbocycles. The van der Waals surface area contributed by atoms with Gasteiger partial charge in [0.15, 0.2) is 7.14 Å². The van der Waals surface area contributed by atoms with E-state index >= 15 is 0 Å². The van der Waals surface area contributed by atoms with Crippen LogP contribution in [0, 0.1) is 5.92 Å². The molecule has 7 nitrogen and oxygen atoms in total. The fourth-order valence-corrected chi connectivity index (χ4v) is 6.42. The highest BCUT2D eigenvalue weighted by Crippen LogP contribution is 2.50. The van der Waals surface area contributed by atoms with Crippen molar-refractivity contribution in [2.75, 3.05) is 19.8 Å². The van der Waals surface area contributed by atoms with Crippen molar-refractivity contribution >= 4 is 35.3 Å². The molecule has 0 unspecified atom stereocenters. The van der Waals surface area contributed by atoms with Gasteiger partial charge in [-0.3, -0.25) is 9.05 Å². The van der Waals surface area contributed by atoms with E-state index < -0.39 is 24.5 Å². The van der Waals surface area contributed by atoms with Crippen LogP contribution >= 0.6 is 24.5 Å². The second kappa shape index (κ2) is 10.8. The Morgan fingerprint density at radius 3 is 2.40 bits per heavy atom. The van der Waals surface area contributed by atoms with Crippen LogP contribution in [-0.4, -0.2) is 32.0 Å². The lowest BCUT2D eigenvalue weighted by atomic mass is 9.92. The molecule has 30 heavy (non-hydrogen) atoms. The first-order valence-electron chi connectivity index (χ1n) is 9.35. The van der Waals surface area contributed by atoms with Crippen LogP contribution in [0.3, 0.4) is 0 Å². The third-order valence-corrected chi connectivity index (χ3v) is 7.97. The minimum absolute atomic E-state index is 0.0132. The monoisotopic (exact) mass is 468 g/mol. The highest BCUT2D eigenvalue weighted by atomic mass is 31.2. The van der Waals surface area contributed by atoms with Gasteiger partial charge in [-0.2, -0.15) is 0 Å². The number of fused-ring (bicyclic) bond motifs is 1. The summed E-state index contributed by atoms with van der Waals surface area (Å²) in [6, 6.07) is 14.2. The van der Waals surface area contributed by atoms with E-state index in [0.29, 0.717) is 0 Å². The molecular weight excluding hydrogens is 445 g/mol. The molecule has 3 rings (SSSR count). The first-order valence-corrected chi connectivity index (χ1v) is 13.0. The number of hydrogen-bond acceptors (Lipinski definition) is 7. The van der Waals surface area contributed by atoms with E-state index in [9.17, 15) is 13.7 Å². The molecule has 1 heterocycles. The Bertz CT molecular complexity index is 943. The molecule has 0 saturated carbocycles. The Kier molecular flexibility index (Phi) is 8.44. The lowest BCUT2D eigenvalue weighted by molar-refractivity contribution is 0.00199. The van der Waals surface area contributed by atoms with Crippen molar-refractivity contribution in [2.24, 2.45) is 5.92 Å². The summed E-state index contributed by atoms with van der Waals surface area (Å²) in [5.74, 6) is 1.46. The predicted molar refractivity (Wildman–Crippen MR) is 115 cm³/mol. The first kappa shape index (κ1) is 23.4. The van der Waals surface area contributed by atoms with Crippen LogP contribution in [-0.2, 0) is 32.2 Å². The van der Waals surface area contributed by atoms with Gasteiger partial charge in [0.05, 0.1) is 12.2 Å². The lowest BCUT2D eigenvalue weighted by Crippen LogP contribution is -2.23. The molecule has 0 bridgehead atoms. The van der Waals surface area contributed by atoms with E-state index in [2.05, 4.69) is 18.2 Å². The summed E-state index contributed by atoms with van der Waals surface area (Å²) in [6.07, 6.45) is 0.285. The normalized spacial score (nSPS) is 26.6. The van der Waals surface area contributed by atoms with Crippen molar-refractivity contribution in [3.63, 3.8) is 0 Å². The molecule has 160 valence electrons. The van der Waals surface area contributed by atoms with Gasteiger partial charge >= 0.3 is 17.4 Å². The molecule has 1 aliphatic rings. The fraction of sp³-hybridized carbons (Fsp3) is 0.400. The second-order valence-electron chi connectivity index (χ2n) is 7.11. The van der Waals surface area contributed by atoms with Crippen molar-refractivity contribution in [1.82, 2.24) is 0 Å². The van der Waals surface area contributed by atoms with Crippen LogP contribution < -0.4 is 0 Å². The molecule has 0 aromatic heterocycles. The smallest absolute Gasteiger partial charge is 0.327 e. The number of ether oxygens (including phenoxy) is 2. The van der Waals surface area contributed by atoms with Gasteiger partial charge in [0.25, 0.3) is 0 Å². The molecular formula is C20H23O7P3. The average molecular weight is 468 g/mol. The van der Waals surface area contributed by atoms with Crippen molar-refractivity contribution in [3.05, 3.63) is 59.9 Å². The molecule has 1 saturated heterocycles. The zero-order chi connectivity index (χ0) is 21.6. The molecule has 2 aromatic rings. The van der Waals surface area contributed by atoms with E-state index in [4.69, 9.17) is 18.5 Å². The molecule has 0 spiro atoms. The topological polar surface area (TPSA) is 88.1 Å². The average Bonchev–Trinajstić information content (AvgIpc) is 3.09. The van der Waals surface area contributed by atoms with Gasteiger partial charge in [0, 0.05) is 13.0 Å². The Hall–Kier alpha value is -1.29. The zero-order valence-electron chi connectivity index (χ0n) is 16.6. The maximum Gasteiger partial charge on any atom is 0.327 e. The molecule has 0 amide bonds. The molecule has 4 atom stereocenters. The summed E-state index contributed by atoms with van der Waals surface area (Å²) in [7, 11) is -2.65. The summed E-state index contributed by atoms with van der Waals surface area (Å²) in [6.45, 7) is 2.01. The lowest BCUT2D eigenvalue weighted by Gasteiger charge is -2.21. The maximum absolute atomic E-state index is 13.0. The summed E-state index contributed by atoms with van der Waals surface area (Å²) in [4.78, 5) is 0. The van der Waals surface area contributed by atoms with Crippen LogP contribution in [0.25, 0.3) is 10.8 Å². The van der Waals surface area contributed by atoms with Crippen LogP contribution in [0.5, 0.6) is 0 Å². The van der Waals surface area contributed by atoms with Crippen LogP contribution in [0.1, 0.15) is 18.6 Å². The van der Waals surface area contributed by atoms with Crippen molar-refractivity contribution in [2.45, 2.75) is 25.2 Å². The second-order valence-corrected chi connectivity index (χ2v) is 10.6. The number of benzene rings is 2. The van der Waals surface area contributed by atoms with Crippen LogP contribution in [0.2, 0.25) is 0 Å². The van der Waals surface area contributed by atoms with Gasteiger partial charge in [0.1, 0.15) is 18.8 Å². The van der Waals surface area contributed by atoms with Crippen molar-refractivity contribution < 1.29 is 32.2 Å². The molecule has 0 N–H and O–H groups in total. The number of methoxy groups -OCH3 is 1. The SMILES string of the molecule is CO[C@@H]1[C@H](C)[C@@H](/C=C/P(=O)(COP=O)COP=O)O[C@H]1c1cccc2ccccc12. The summed E-state index contributed by atoms with van der Waals surface area (Å²) in [5, 5.41) is 2.22. The van der Waals surface area contributed by atoms with Gasteiger partial charge < -0.3 is 14.0 Å². The number of rotatable bonds is 10. The Balaban J connectivity index is 1.87. The first-order chi connectivity index (χ1) is 14.5. The van der Waals surface area contributed by atoms with E-state index in [1.807, 2.05) is 31.2 Å². The largest absolute Gasteiger partial charge is 0.378 e. The van der Waals surface area contributed by atoms with Crippen molar-refractivity contribution in [3.8, 4) is 0 Å². The molecule has 1 fully saturated rings. The van der Waals surface area contributed by atoms with E-state index in [0.717, 1.165) is 16.3 Å². The summed E-state index contributed by atoms with van der Waals surface area (Å²) in [5.41, 5.74) is 1.04. The van der Waals surface area contributed by atoms with E-state index in [-0.39, 0.29) is 36.9 Å². The third-order valence-electron chi connectivity index (χ3n) is 5.25. The van der Waals surface area contributed by atoms with Gasteiger partial charge in [0.2, 0.25) is 0 Å². The Morgan fingerprint density at radius 2 is 1.73 bits per heavy atom. The fourth-order valence-electron chi connectivity index (χ4n) is 3.75. The van der Waals surface area contributed by atoms with E-state index in [1.54, 1.807) is 13.2 Å². The summed E-state index contributed by atoms with van der Waals surface area (Å²) < 4.78 is 55.8. The molecule has 1 aliphatic heterocycles. The summed E-state index contributed by atoms with van der Waals surface area (Å²) >= 11 is 0. The highest BCUT2D eigenvalue weighted by molar-refractivity contribution is 7.67. The quantitative estimate of drug-likeness (QED) is 0.386. The third kappa shape index (κ3) is 5.30. The van der Waals surface area contributed by atoms with Gasteiger partial charge in [-0.15, -0.1) is 0 Å². The van der Waals surface area contributed by atoms with E-state index in [1.165, 1.54) is 5.82 Å². The van der Waals surface area contributed by atoms with Crippen molar-refractivity contribution in [1.29, 1.82) is 0 Å². The van der Waals surface area contributed by atoms with Gasteiger partial charge in [-0.25, -0.2) is 9.13 Å². The molecule has 10 heteroatoms. The minimum atomic E-state index is -3.15. The Morgan fingerprint density at radius 1 is 1.07 bits per heavy atom. The maximum atomic E-state index is 13.0. The van der Waals surface area contributed by atoms with Gasteiger partial charge in [-0.1, -0.05) is 55.5 Å². The zero-order valence-corrected chi connectivity index (χ0v) is 19.3. The highest BCUT2D eigenvalue weighted by Gasteiger charge is 2.42. The molecule has 2 aromatic carbocycles. The predicted octanol–water partition coefficient (Wildman–Crippen LogP) is 6.17. The van der Waals surface area contributed by atoms with Crippen LogP contribution in [0.4, 0.5) is 0 Å². The standard InChI is InChI=1S/C20H23O7P3/c1-14-18(10-11-30(23,12-25-28-21)13-26-29-22)27-20(19(14)24-2)17-9-5-7-15-6-3-4-8-16(15)17/h3-11,14,18-20H,12-13H2,1-2H3/b11-10+/t14-,18-,19-,20+/m1/s1. The minimum Gasteiger partial charge on any atom is -0.378 e. The van der Waals surface area contributed by atoms with Crippen LogP contribution in [0.15, 0.2) is 54.4 Å². The Labute approximate surface area is 178 Å². The molecule has 0 radical (unpaired) electrons. The van der Waals surface area contributed by atoms with Gasteiger partial charge in [-0.05, 0) is 22.2 Å². The number of hydrogen-bond donors (Lipinski definition) is 0.